The molecule has 0 aliphatic carbocycles. The molecule has 0 N–H and O–H groups in total. The molecule has 0 spiro atoms. The molecule has 0 aromatic heterocycles. The Bertz CT molecular complexity index is 236. The summed E-state index contributed by atoms with van der Waals surface area (Å²) in [4.78, 5) is -0.384. The number of benzene rings is 1. The third-order valence-corrected chi connectivity index (χ3v) is 2.20. The van der Waals surface area contributed by atoms with Crippen LogP contribution in [0.25, 0.3) is 0 Å². The van der Waals surface area contributed by atoms with Gasteiger partial charge in [0.15, 0.2) is 0 Å². The van der Waals surface area contributed by atoms with Crippen LogP contribution in [-0.4, -0.2) is 11.9 Å². The standard InChI is InChI=1S/C10H12Cl2O/c1-13-9(7-10(11)12)8-5-3-2-4-6-8/h2-6,9-10H,7H2,1H3. The summed E-state index contributed by atoms with van der Waals surface area (Å²) in [5.74, 6) is 0. The molecule has 1 aromatic rings. The van der Waals surface area contributed by atoms with Crippen LogP contribution in [0.2, 0.25) is 0 Å². The quantitative estimate of drug-likeness (QED) is 0.703. The lowest BCUT2D eigenvalue weighted by molar-refractivity contribution is 0.0988. The Kier molecular flexibility index (Phi) is 4.57. The summed E-state index contributed by atoms with van der Waals surface area (Å²) in [6.07, 6.45) is 0.602. The second-order valence-electron chi connectivity index (χ2n) is 2.76. The fraction of sp³-hybridized carbons (Fsp3) is 0.400. The predicted octanol–water partition coefficient (Wildman–Crippen LogP) is 3.57. The van der Waals surface area contributed by atoms with E-state index in [1.165, 1.54) is 0 Å². The predicted molar refractivity (Wildman–Crippen MR) is 56.3 cm³/mol. The zero-order valence-electron chi connectivity index (χ0n) is 7.41. The molecule has 1 rings (SSSR count). The molecule has 0 aliphatic heterocycles. The van der Waals surface area contributed by atoms with Gasteiger partial charge in [-0.1, -0.05) is 30.3 Å². The lowest BCUT2D eigenvalue weighted by Gasteiger charge is -2.15. The average Bonchev–Trinajstić information content (AvgIpc) is 2.15. The highest BCUT2D eigenvalue weighted by atomic mass is 35.5. The highest BCUT2D eigenvalue weighted by Crippen LogP contribution is 2.25. The fourth-order valence-corrected chi connectivity index (χ4v) is 1.52. The van der Waals surface area contributed by atoms with E-state index in [0.717, 1.165) is 5.56 Å². The minimum atomic E-state index is -0.384. The molecule has 0 heterocycles. The van der Waals surface area contributed by atoms with Gasteiger partial charge in [0.25, 0.3) is 0 Å². The van der Waals surface area contributed by atoms with E-state index in [0.29, 0.717) is 6.42 Å². The zero-order valence-corrected chi connectivity index (χ0v) is 8.92. The number of ether oxygens (including phenoxy) is 1. The van der Waals surface area contributed by atoms with Crippen molar-refractivity contribution in [2.75, 3.05) is 7.11 Å². The smallest absolute Gasteiger partial charge is 0.110 e. The first-order chi connectivity index (χ1) is 6.24. The number of methoxy groups -OCH3 is 1. The maximum atomic E-state index is 5.69. The summed E-state index contributed by atoms with van der Waals surface area (Å²) in [5, 5.41) is 0. The van der Waals surface area contributed by atoms with Gasteiger partial charge in [-0.2, -0.15) is 0 Å². The van der Waals surface area contributed by atoms with Gasteiger partial charge in [0.2, 0.25) is 0 Å². The second-order valence-corrected chi connectivity index (χ2v) is 4.04. The Balaban J connectivity index is 2.67. The van der Waals surface area contributed by atoms with Gasteiger partial charge in [-0.05, 0) is 5.56 Å². The van der Waals surface area contributed by atoms with Crippen LogP contribution in [-0.2, 0) is 4.74 Å². The van der Waals surface area contributed by atoms with Crippen molar-refractivity contribution in [3.05, 3.63) is 35.9 Å². The van der Waals surface area contributed by atoms with E-state index in [9.17, 15) is 0 Å². The van der Waals surface area contributed by atoms with Gasteiger partial charge in [0.1, 0.15) is 4.84 Å². The number of hydrogen-bond acceptors (Lipinski definition) is 1. The first kappa shape index (κ1) is 10.8. The van der Waals surface area contributed by atoms with Gasteiger partial charge >= 0.3 is 0 Å². The van der Waals surface area contributed by atoms with E-state index in [2.05, 4.69) is 0 Å². The third-order valence-electron chi connectivity index (χ3n) is 1.85. The van der Waals surface area contributed by atoms with Crippen molar-refractivity contribution in [2.45, 2.75) is 17.4 Å². The van der Waals surface area contributed by atoms with Gasteiger partial charge in [0, 0.05) is 13.5 Å². The third kappa shape index (κ3) is 3.55. The molecule has 0 saturated carbocycles. The molecule has 3 heteroatoms. The maximum Gasteiger partial charge on any atom is 0.110 e. The highest BCUT2D eigenvalue weighted by Gasteiger charge is 2.13. The summed E-state index contributed by atoms with van der Waals surface area (Å²) in [6, 6.07) is 9.92. The summed E-state index contributed by atoms with van der Waals surface area (Å²) in [7, 11) is 1.66. The maximum absolute atomic E-state index is 5.69. The van der Waals surface area contributed by atoms with Crippen molar-refractivity contribution in [1.29, 1.82) is 0 Å². The van der Waals surface area contributed by atoms with Gasteiger partial charge in [-0.25, -0.2) is 0 Å². The van der Waals surface area contributed by atoms with Crippen LogP contribution >= 0.6 is 23.2 Å². The normalized spacial score (nSPS) is 13.2. The van der Waals surface area contributed by atoms with Crippen molar-refractivity contribution in [3.63, 3.8) is 0 Å². The molecule has 0 radical (unpaired) electrons. The van der Waals surface area contributed by atoms with Crippen LogP contribution < -0.4 is 0 Å². The summed E-state index contributed by atoms with van der Waals surface area (Å²) < 4.78 is 5.28. The molecule has 0 saturated heterocycles. The monoisotopic (exact) mass is 218 g/mol. The van der Waals surface area contributed by atoms with E-state index in [-0.39, 0.29) is 10.9 Å². The minimum absolute atomic E-state index is 0.0128. The van der Waals surface area contributed by atoms with E-state index in [1.807, 2.05) is 30.3 Å². The van der Waals surface area contributed by atoms with Crippen LogP contribution in [0.4, 0.5) is 0 Å². The molecular formula is C10H12Cl2O. The average molecular weight is 219 g/mol. The van der Waals surface area contributed by atoms with Gasteiger partial charge in [-0.15, -0.1) is 23.2 Å². The molecule has 1 unspecified atom stereocenters. The van der Waals surface area contributed by atoms with Gasteiger partial charge in [0.05, 0.1) is 6.10 Å². The fourth-order valence-electron chi connectivity index (χ4n) is 1.20. The van der Waals surface area contributed by atoms with E-state index < -0.39 is 0 Å². The highest BCUT2D eigenvalue weighted by molar-refractivity contribution is 6.44. The summed E-state index contributed by atoms with van der Waals surface area (Å²) in [5.41, 5.74) is 1.11. The molecule has 0 amide bonds. The Labute approximate surface area is 88.6 Å². The van der Waals surface area contributed by atoms with Gasteiger partial charge < -0.3 is 4.74 Å². The Hall–Kier alpha value is -0.240. The molecule has 72 valence electrons. The summed E-state index contributed by atoms with van der Waals surface area (Å²) >= 11 is 11.4. The molecule has 1 nitrogen and oxygen atoms in total. The van der Waals surface area contributed by atoms with Crippen LogP contribution in [0.15, 0.2) is 30.3 Å². The van der Waals surface area contributed by atoms with Gasteiger partial charge in [-0.3, -0.25) is 0 Å². The largest absolute Gasteiger partial charge is 0.377 e. The molecule has 0 bridgehead atoms. The Morgan fingerprint density at radius 2 is 1.85 bits per heavy atom. The number of alkyl halides is 2. The van der Waals surface area contributed by atoms with E-state index in [4.69, 9.17) is 27.9 Å². The van der Waals surface area contributed by atoms with Crippen LogP contribution in [0.5, 0.6) is 0 Å². The van der Waals surface area contributed by atoms with Crippen LogP contribution in [0.1, 0.15) is 18.1 Å². The molecule has 1 aromatic carbocycles. The SMILES string of the molecule is COC(CC(Cl)Cl)c1ccccc1. The van der Waals surface area contributed by atoms with E-state index >= 15 is 0 Å². The number of rotatable bonds is 4. The molecule has 13 heavy (non-hydrogen) atoms. The van der Waals surface area contributed by atoms with Crippen molar-refractivity contribution in [3.8, 4) is 0 Å². The Morgan fingerprint density at radius 1 is 1.23 bits per heavy atom. The zero-order chi connectivity index (χ0) is 9.68. The first-order valence-corrected chi connectivity index (χ1v) is 4.97. The lowest BCUT2D eigenvalue weighted by Crippen LogP contribution is -2.05. The van der Waals surface area contributed by atoms with Crippen molar-refractivity contribution in [2.24, 2.45) is 0 Å². The van der Waals surface area contributed by atoms with Crippen molar-refractivity contribution < 1.29 is 4.74 Å². The van der Waals surface area contributed by atoms with Crippen molar-refractivity contribution >= 4 is 23.2 Å². The van der Waals surface area contributed by atoms with Crippen LogP contribution in [0.3, 0.4) is 0 Å². The molecule has 0 aliphatic rings. The topological polar surface area (TPSA) is 9.23 Å². The molecular weight excluding hydrogens is 207 g/mol. The Morgan fingerprint density at radius 3 is 2.31 bits per heavy atom. The van der Waals surface area contributed by atoms with E-state index in [1.54, 1.807) is 7.11 Å². The first-order valence-electron chi connectivity index (χ1n) is 4.10. The number of halogens is 2. The molecule has 1 atom stereocenters. The second kappa shape index (κ2) is 5.48. The molecule has 0 fully saturated rings. The lowest BCUT2D eigenvalue weighted by atomic mass is 10.1. The summed E-state index contributed by atoms with van der Waals surface area (Å²) in [6.45, 7) is 0. The minimum Gasteiger partial charge on any atom is -0.377 e. The van der Waals surface area contributed by atoms with Crippen molar-refractivity contribution in [1.82, 2.24) is 0 Å². The van der Waals surface area contributed by atoms with Crippen LogP contribution in [0, 0.1) is 0 Å². The number of hydrogen-bond donors (Lipinski definition) is 0.